The summed E-state index contributed by atoms with van der Waals surface area (Å²) < 4.78 is 0. The molecule has 3 nitrogen and oxygen atoms in total. The summed E-state index contributed by atoms with van der Waals surface area (Å²) in [5.74, 6) is 0.216. The van der Waals surface area contributed by atoms with Gasteiger partial charge in [-0.05, 0) is 37.1 Å². The average Bonchev–Trinajstić information content (AvgIpc) is 2.10. The van der Waals surface area contributed by atoms with Gasteiger partial charge in [0.05, 0.1) is 6.10 Å². The molecule has 1 unspecified atom stereocenters. The highest BCUT2D eigenvalue weighted by molar-refractivity contribution is 5.36. The molecule has 1 atom stereocenters. The predicted molar refractivity (Wildman–Crippen MR) is 51.5 cm³/mol. The Kier molecular flexibility index (Phi) is 3.28. The highest BCUT2D eigenvalue weighted by atomic mass is 16.3. The molecular formula is C10H15NO2. The zero-order valence-corrected chi connectivity index (χ0v) is 7.70. The van der Waals surface area contributed by atoms with Crippen molar-refractivity contribution in [3.05, 3.63) is 29.3 Å². The molecule has 4 N–H and O–H groups in total. The van der Waals surface area contributed by atoms with Gasteiger partial charge in [-0.25, -0.2) is 0 Å². The highest BCUT2D eigenvalue weighted by Crippen LogP contribution is 2.23. The van der Waals surface area contributed by atoms with Gasteiger partial charge in [0.1, 0.15) is 5.75 Å². The molecule has 0 aliphatic rings. The van der Waals surface area contributed by atoms with Crippen LogP contribution in [0.5, 0.6) is 5.75 Å². The number of phenolic OH excluding ortho intramolecular Hbond substituents is 1. The number of aliphatic hydroxyl groups is 1. The van der Waals surface area contributed by atoms with Gasteiger partial charge in [-0.2, -0.15) is 0 Å². The summed E-state index contributed by atoms with van der Waals surface area (Å²) in [5.41, 5.74) is 6.84. The lowest BCUT2D eigenvalue weighted by Gasteiger charge is -2.10. The van der Waals surface area contributed by atoms with Crippen LogP contribution in [0.2, 0.25) is 0 Å². The van der Waals surface area contributed by atoms with Gasteiger partial charge in [0.25, 0.3) is 0 Å². The minimum atomic E-state index is -0.573. The summed E-state index contributed by atoms with van der Waals surface area (Å²) in [5, 5.41) is 18.9. The van der Waals surface area contributed by atoms with Crippen molar-refractivity contribution in [1.29, 1.82) is 0 Å². The van der Waals surface area contributed by atoms with Gasteiger partial charge in [0, 0.05) is 0 Å². The number of hydrogen-bond acceptors (Lipinski definition) is 3. The molecule has 13 heavy (non-hydrogen) atoms. The SMILES string of the molecule is Cc1ccc(C(O)CCN)cc1O. The van der Waals surface area contributed by atoms with Gasteiger partial charge >= 0.3 is 0 Å². The van der Waals surface area contributed by atoms with Crippen LogP contribution in [0.25, 0.3) is 0 Å². The van der Waals surface area contributed by atoms with E-state index < -0.39 is 6.10 Å². The predicted octanol–water partition coefficient (Wildman–Crippen LogP) is 1.08. The second kappa shape index (κ2) is 4.25. The van der Waals surface area contributed by atoms with E-state index >= 15 is 0 Å². The molecular weight excluding hydrogens is 166 g/mol. The number of hydrogen-bond donors (Lipinski definition) is 3. The van der Waals surface area contributed by atoms with E-state index in [0.717, 1.165) is 5.56 Å². The quantitative estimate of drug-likeness (QED) is 0.653. The third-order valence-corrected chi connectivity index (χ3v) is 2.06. The smallest absolute Gasteiger partial charge is 0.118 e. The molecule has 0 aliphatic heterocycles. The number of phenols is 1. The maximum Gasteiger partial charge on any atom is 0.118 e. The standard InChI is InChI=1S/C10H15NO2/c1-7-2-3-8(6-10(7)13)9(12)4-5-11/h2-3,6,9,12-13H,4-5,11H2,1H3. The lowest BCUT2D eigenvalue weighted by molar-refractivity contribution is 0.170. The van der Waals surface area contributed by atoms with E-state index in [2.05, 4.69) is 0 Å². The molecule has 0 heterocycles. The second-order valence-corrected chi connectivity index (χ2v) is 3.14. The Morgan fingerprint density at radius 2 is 2.15 bits per heavy atom. The average molecular weight is 181 g/mol. The molecule has 0 radical (unpaired) electrons. The summed E-state index contributed by atoms with van der Waals surface area (Å²) >= 11 is 0. The van der Waals surface area contributed by atoms with Crippen molar-refractivity contribution < 1.29 is 10.2 Å². The van der Waals surface area contributed by atoms with E-state index in [1.165, 1.54) is 0 Å². The van der Waals surface area contributed by atoms with Crippen LogP contribution in [-0.2, 0) is 0 Å². The van der Waals surface area contributed by atoms with Crippen LogP contribution >= 0.6 is 0 Å². The normalized spacial score (nSPS) is 12.8. The Labute approximate surface area is 77.8 Å². The first-order valence-electron chi connectivity index (χ1n) is 4.33. The summed E-state index contributed by atoms with van der Waals surface area (Å²) in [6.45, 7) is 2.25. The Balaban J connectivity index is 2.84. The zero-order chi connectivity index (χ0) is 9.84. The van der Waals surface area contributed by atoms with Gasteiger partial charge in [0.15, 0.2) is 0 Å². The summed E-state index contributed by atoms with van der Waals surface area (Å²) in [6, 6.07) is 5.16. The van der Waals surface area contributed by atoms with Gasteiger partial charge in [0.2, 0.25) is 0 Å². The third-order valence-electron chi connectivity index (χ3n) is 2.06. The van der Waals surface area contributed by atoms with Crippen molar-refractivity contribution in [2.75, 3.05) is 6.54 Å². The van der Waals surface area contributed by atoms with E-state index in [-0.39, 0.29) is 5.75 Å². The molecule has 0 amide bonds. The summed E-state index contributed by atoms with van der Waals surface area (Å²) in [6.07, 6.45) is -0.0563. The Morgan fingerprint density at radius 1 is 1.46 bits per heavy atom. The van der Waals surface area contributed by atoms with Gasteiger partial charge in [-0.1, -0.05) is 12.1 Å². The van der Waals surface area contributed by atoms with Crippen LogP contribution in [0.1, 0.15) is 23.7 Å². The first-order valence-corrected chi connectivity index (χ1v) is 4.33. The fourth-order valence-electron chi connectivity index (χ4n) is 1.16. The van der Waals surface area contributed by atoms with Crippen LogP contribution in [0, 0.1) is 6.92 Å². The number of aliphatic hydroxyl groups excluding tert-OH is 1. The van der Waals surface area contributed by atoms with Crippen LogP contribution < -0.4 is 5.73 Å². The van der Waals surface area contributed by atoms with Crippen molar-refractivity contribution in [3.8, 4) is 5.75 Å². The lowest BCUT2D eigenvalue weighted by atomic mass is 10.0. The van der Waals surface area contributed by atoms with Gasteiger partial charge in [-0.15, -0.1) is 0 Å². The van der Waals surface area contributed by atoms with Crippen molar-refractivity contribution in [3.63, 3.8) is 0 Å². The van der Waals surface area contributed by atoms with Gasteiger partial charge < -0.3 is 15.9 Å². The van der Waals surface area contributed by atoms with E-state index in [1.807, 2.05) is 6.92 Å². The van der Waals surface area contributed by atoms with E-state index in [1.54, 1.807) is 18.2 Å². The minimum absolute atomic E-state index is 0.216. The summed E-state index contributed by atoms with van der Waals surface area (Å²) in [7, 11) is 0. The van der Waals surface area contributed by atoms with Crippen molar-refractivity contribution >= 4 is 0 Å². The Morgan fingerprint density at radius 3 is 2.69 bits per heavy atom. The number of nitrogens with two attached hydrogens (primary N) is 1. The van der Waals surface area contributed by atoms with Crippen molar-refractivity contribution in [1.82, 2.24) is 0 Å². The second-order valence-electron chi connectivity index (χ2n) is 3.14. The lowest BCUT2D eigenvalue weighted by Crippen LogP contribution is -2.06. The first-order chi connectivity index (χ1) is 6.15. The monoisotopic (exact) mass is 181 g/mol. The highest BCUT2D eigenvalue weighted by Gasteiger charge is 2.07. The van der Waals surface area contributed by atoms with Crippen LogP contribution in [0.15, 0.2) is 18.2 Å². The molecule has 1 rings (SSSR count). The first kappa shape index (κ1) is 10.0. The molecule has 0 spiro atoms. The Bertz CT molecular complexity index is 286. The molecule has 0 aliphatic carbocycles. The minimum Gasteiger partial charge on any atom is -0.508 e. The van der Waals surface area contributed by atoms with E-state index in [0.29, 0.717) is 18.5 Å². The Hall–Kier alpha value is -1.06. The molecule has 72 valence electrons. The van der Waals surface area contributed by atoms with Crippen LogP contribution in [0.4, 0.5) is 0 Å². The molecule has 0 fully saturated rings. The van der Waals surface area contributed by atoms with Crippen molar-refractivity contribution in [2.24, 2.45) is 5.73 Å². The van der Waals surface area contributed by atoms with E-state index in [4.69, 9.17) is 5.73 Å². The molecule has 1 aromatic rings. The maximum atomic E-state index is 9.54. The maximum absolute atomic E-state index is 9.54. The number of aryl methyl sites for hydroxylation is 1. The fourth-order valence-corrected chi connectivity index (χ4v) is 1.16. The van der Waals surface area contributed by atoms with Crippen molar-refractivity contribution in [2.45, 2.75) is 19.4 Å². The largest absolute Gasteiger partial charge is 0.508 e. The van der Waals surface area contributed by atoms with E-state index in [9.17, 15) is 10.2 Å². The molecule has 0 saturated heterocycles. The molecule has 0 bridgehead atoms. The topological polar surface area (TPSA) is 66.5 Å². The third kappa shape index (κ3) is 2.44. The molecule has 3 heteroatoms. The number of aromatic hydroxyl groups is 1. The molecule has 0 aromatic heterocycles. The summed E-state index contributed by atoms with van der Waals surface area (Å²) in [4.78, 5) is 0. The fraction of sp³-hybridized carbons (Fsp3) is 0.400. The number of benzene rings is 1. The molecule has 0 saturated carbocycles. The number of rotatable bonds is 3. The molecule has 1 aromatic carbocycles. The van der Waals surface area contributed by atoms with Gasteiger partial charge in [-0.3, -0.25) is 0 Å². The van der Waals surface area contributed by atoms with Crippen LogP contribution in [-0.4, -0.2) is 16.8 Å². The van der Waals surface area contributed by atoms with Crippen LogP contribution in [0.3, 0.4) is 0 Å². The zero-order valence-electron chi connectivity index (χ0n) is 7.70.